The summed E-state index contributed by atoms with van der Waals surface area (Å²) >= 11 is 0. The number of aromatic nitrogens is 1. The Morgan fingerprint density at radius 3 is 2.72 bits per heavy atom. The molecule has 1 aromatic carbocycles. The van der Waals surface area contributed by atoms with Crippen LogP contribution in [0.3, 0.4) is 0 Å². The molecule has 0 saturated carbocycles. The monoisotopic (exact) mass is 341 g/mol. The van der Waals surface area contributed by atoms with Crippen molar-refractivity contribution in [1.82, 2.24) is 15.4 Å². The maximum atomic E-state index is 12.5. The van der Waals surface area contributed by atoms with Gasteiger partial charge in [-0.15, -0.1) is 0 Å². The molecule has 2 atom stereocenters. The van der Waals surface area contributed by atoms with E-state index in [0.29, 0.717) is 18.8 Å². The molecule has 1 aliphatic heterocycles. The molecule has 1 aromatic heterocycles. The maximum Gasteiger partial charge on any atom is 0.225 e. The molecule has 3 rings (SSSR count). The summed E-state index contributed by atoms with van der Waals surface area (Å²) in [7, 11) is 0. The molecule has 0 radical (unpaired) electrons. The lowest BCUT2D eigenvalue weighted by Gasteiger charge is -2.25. The van der Waals surface area contributed by atoms with E-state index in [1.165, 1.54) is 0 Å². The van der Waals surface area contributed by atoms with Crippen molar-refractivity contribution in [2.75, 3.05) is 6.54 Å². The highest BCUT2D eigenvalue weighted by molar-refractivity contribution is 5.89. The Balaban J connectivity index is 1.61. The van der Waals surface area contributed by atoms with Crippen LogP contribution in [0.1, 0.15) is 42.0 Å². The largest absolute Gasteiger partial charge is 0.361 e. The van der Waals surface area contributed by atoms with E-state index < -0.39 is 0 Å². The summed E-state index contributed by atoms with van der Waals surface area (Å²) in [6, 6.07) is 9.84. The van der Waals surface area contributed by atoms with Crippen molar-refractivity contribution in [3.63, 3.8) is 0 Å². The van der Waals surface area contributed by atoms with Crippen LogP contribution in [0.2, 0.25) is 0 Å². The van der Waals surface area contributed by atoms with Gasteiger partial charge < -0.3 is 14.7 Å². The molecule has 1 fully saturated rings. The molecule has 0 unspecified atom stereocenters. The normalized spacial score (nSPS) is 18.4. The van der Waals surface area contributed by atoms with Crippen LogP contribution in [0.15, 0.2) is 34.9 Å². The molecular weight excluding hydrogens is 318 g/mol. The first-order valence-corrected chi connectivity index (χ1v) is 8.51. The minimum Gasteiger partial charge on any atom is -0.361 e. The van der Waals surface area contributed by atoms with Crippen molar-refractivity contribution >= 4 is 11.8 Å². The summed E-state index contributed by atoms with van der Waals surface area (Å²) in [5.74, 6) is 0.309. The molecule has 0 bridgehead atoms. The zero-order chi connectivity index (χ0) is 18.0. The summed E-state index contributed by atoms with van der Waals surface area (Å²) in [5, 5.41) is 6.79. The fourth-order valence-corrected chi connectivity index (χ4v) is 3.27. The fourth-order valence-electron chi connectivity index (χ4n) is 3.27. The van der Waals surface area contributed by atoms with Gasteiger partial charge in [0.05, 0.1) is 17.7 Å². The number of carbonyl (C=O) groups excluding carboxylic acids is 2. The lowest BCUT2D eigenvalue weighted by atomic mass is 10.1. The Bertz CT molecular complexity index is 750. The molecule has 1 N–H and O–H groups in total. The number of nitrogens with zero attached hydrogens (tertiary/aromatic N) is 2. The number of nitrogens with one attached hydrogen (secondary N) is 1. The van der Waals surface area contributed by atoms with Gasteiger partial charge in [0.1, 0.15) is 5.76 Å². The van der Waals surface area contributed by atoms with E-state index in [9.17, 15) is 9.59 Å². The molecule has 2 amide bonds. The number of likely N-dealkylation sites (tertiary alicyclic amines) is 1. The number of amides is 2. The van der Waals surface area contributed by atoms with Crippen molar-refractivity contribution < 1.29 is 14.1 Å². The second-order valence-electron chi connectivity index (χ2n) is 6.55. The third-order valence-corrected chi connectivity index (χ3v) is 4.90. The molecule has 1 saturated heterocycles. The third-order valence-electron chi connectivity index (χ3n) is 4.90. The van der Waals surface area contributed by atoms with Gasteiger partial charge >= 0.3 is 0 Å². The highest BCUT2D eigenvalue weighted by Gasteiger charge is 2.36. The lowest BCUT2D eigenvalue weighted by Crippen LogP contribution is -2.33. The van der Waals surface area contributed by atoms with Gasteiger partial charge in [-0.05, 0) is 26.3 Å². The average molecular weight is 341 g/mol. The summed E-state index contributed by atoms with van der Waals surface area (Å²) in [4.78, 5) is 26.6. The summed E-state index contributed by atoms with van der Waals surface area (Å²) in [6.45, 7) is 6.49. The van der Waals surface area contributed by atoms with Crippen LogP contribution in [-0.2, 0) is 16.1 Å². The van der Waals surface area contributed by atoms with E-state index in [4.69, 9.17) is 4.52 Å². The van der Waals surface area contributed by atoms with E-state index in [2.05, 4.69) is 10.5 Å². The van der Waals surface area contributed by atoms with Crippen molar-refractivity contribution in [3.05, 3.63) is 52.9 Å². The predicted octanol–water partition coefficient (Wildman–Crippen LogP) is 2.52. The van der Waals surface area contributed by atoms with Crippen LogP contribution in [0, 0.1) is 19.8 Å². The Hall–Kier alpha value is -2.63. The SMILES string of the molecule is Cc1noc(C)c1CNC(=O)[C@@H]1CC(=O)N([C@@H](C)c2ccccc2)C1. The molecule has 0 spiro atoms. The first-order chi connectivity index (χ1) is 12.0. The zero-order valence-corrected chi connectivity index (χ0v) is 14.8. The molecular formula is C19H23N3O3. The molecule has 1 aliphatic rings. The Morgan fingerprint density at radius 1 is 1.36 bits per heavy atom. The number of hydrogen-bond donors (Lipinski definition) is 1. The van der Waals surface area contributed by atoms with Gasteiger partial charge in [0, 0.05) is 25.1 Å². The summed E-state index contributed by atoms with van der Waals surface area (Å²) in [5.41, 5.74) is 2.75. The van der Waals surface area contributed by atoms with Crippen molar-refractivity contribution in [3.8, 4) is 0 Å². The van der Waals surface area contributed by atoms with Crippen LogP contribution in [0.25, 0.3) is 0 Å². The quantitative estimate of drug-likeness (QED) is 0.907. The lowest BCUT2D eigenvalue weighted by molar-refractivity contribution is -0.130. The Morgan fingerprint density at radius 2 is 2.08 bits per heavy atom. The van der Waals surface area contributed by atoms with E-state index in [1.807, 2.05) is 51.1 Å². The van der Waals surface area contributed by atoms with Crippen molar-refractivity contribution in [2.24, 2.45) is 5.92 Å². The van der Waals surface area contributed by atoms with Gasteiger partial charge in [0.2, 0.25) is 11.8 Å². The Kier molecular flexibility index (Phi) is 4.88. The van der Waals surface area contributed by atoms with Gasteiger partial charge in [-0.25, -0.2) is 0 Å². The Labute approximate surface area is 147 Å². The van der Waals surface area contributed by atoms with Crippen LogP contribution in [-0.4, -0.2) is 28.4 Å². The van der Waals surface area contributed by atoms with Crippen LogP contribution < -0.4 is 5.32 Å². The second-order valence-corrected chi connectivity index (χ2v) is 6.55. The van der Waals surface area contributed by atoms with Gasteiger partial charge in [0.25, 0.3) is 0 Å². The van der Waals surface area contributed by atoms with E-state index in [-0.39, 0.29) is 30.2 Å². The minimum absolute atomic E-state index is 0.0221. The van der Waals surface area contributed by atoms with Crippen LogP contribution in [0.4, 0.5) is 0 Å². The molecule has 2 heterocycles. The molecule has 0 aliphatic carbocycles. The van der Waals surface area contributed by atoms with Gasteiger partial charge in [-0.3, -0.25) is 9.59 Å². The predicted molar refractivity (Wildman–Crippen MR) is 92.5 cm³/mol. The molecule has 132 valence electrons. The van der Waals surface area contributed by atoms with Crippen molar-refractivity contribution in [2.45, 2.75) is 39.8 Å². The molecule has 6 heteroatoms. The summed E-state index contributed by atoms with van der Waals surface area (Å²) in [6.07, 6.45) is 0.255. The number of hydrogen-bond acceptors (Lipinski definition) is 4. The number of aryl methyl sites for hydroxylation is 2. The van der Waals surface area contributed by atoms with E-state index in [0.717, 1.165) is 16.8 Å². The number of rotatable bonds is 5. The zero-order valence-electron chi connectivity index (χ0n) is 14.8. The topological polar surface area (TPSA) is 75.4 Å². The molecule has 6 nitrogen and oxygen atoms in total. The second kappa shape index (κ2) is 7.09. The van der Waals surface area contributed by atoms with Gasteiger partial charge in [0.15, 0.2) is 0 Å². The van der Waals surface area contributed by atoms with Gasteiger partial charge in [-0.2, -0.15) is 0 Å². The smallest absolute Gasteiger partial charge is 0.225 e. The first kappa shape index (κ1) is 17.2. The average Bonchev–Trinajstić information content (AvgIpc) is 3.16. The summed E-state index contributed by atoms with van der Waals surface area (Å²) < 4.78 is 5.10. The number of carbonyl (C=O) groups is 2. The van der Waals surface area contributed by atoms with Gasteiger partial charge in [-0.1, -0.05) is 35.5 Å². The van der Waals surface area contributed by atoms with E-state index >= 15 is 0 Å². The standard InChI is InChI=1S/C19H23N3O3/c1-12-17(14(3)25-21-12)10-20-19(24)16-9-18(23)22(11-16)13(2)15-7-5-4-6-8-15/h4-8,13,16H,9-11H2,1-3H3,(H,20,24)/t13-,16+/m0/s1. The molecule has 25 heavy (non-hydrogen) atoms. The highest BCUT2D eigenvalue weighted by Crippen LogP contribution is 2.28. The van der Waals surface area contributed by atoms with Crippen LogP contribution >= 0.6 is 0 Å². The van der Waals surface area contributed by atoms with E-state index in [1.54, 1.807) is 4.90 Å². The van der Waals surface area contributed by atoms with Crippen LogP contribution in [0.5, 0.6) is 0 Å². The number of benzene rings is 1. The highest BCUT2D eigenvalue weighted by atomic mass is 16.5. The maximum absolute atomic E-state index is 12.5. The first-order valence-electron chi connectivity index (χ1n) is 8.51. The van der Waals surface area contributed by atoms with Crippen molar-refractivity contribution in [1.29, 1.82) is 0 Å². The minimum atomic E-state index is -0.320. The fraction of sp³-hybridized carbons (Fsp3) is 0.421. The molecule has 2 aromatic rings. The third kappa shape index (κ3) is 3.57.